The largest absolute Gasteiger partial charge is 0.497 e. The number of benzene rings is 2. The SMILES string of the molecule is CCOc1ccccc1NC(=O)N[C@H](C)c1cc(OC)ccc1OC. The second-order valence-electron chi connectivity index (χ2n) is 5.36. The number of carbonyl (C=O) groups is 1. The van der Waals surface area contributed by atoms with E-state index in [1.807, 2.05) is 50.2 Å². The fraction of sp³-hybridized carbons (Fsp3) is 0.316. The van der Waals surface area contributed by atoms with Gasteiger partial charge in [-0.1, -0.05) is 12.1 Å². The Morgan fingerprint density at radius 2 is 1.84 bits per heavy atom. The van der Waals surface area contributed by atoms with Crippen LogP contribution in [0.25, 0.3) is 0 Å². The summed E-state index contributed by atoms with van der Waals surface area (Å²) < 4.78 is 16.1. The van der Waals surface area contributed by atoms with Gasteiger partial charge in [-0.25, -0.2) is 4.79 Å². The third kappa shape index (κ3) is 4.79. The molecule has 0 aromatic heterocycles. The van der Waals surface area contributed by atoms with E-state index in [9.17, 15) is 4.79 Å². The van der Waals surface area contributed by atoms with Gasteiger partial charge in [-0.15, -0.1) is 0 Å². The fourth-order valence-electron chi connectivity index (χ4n) is 2.46. The summed E-state index contributed by atoms with van der Waals surface area (Å²) >= 11 is 0. The number of hydrogen-bond donors (Lipinski definition) is 2. The molecule has 0 saturated carbocycles. The number of rotatable bonds is 7. The quantitative estimate of drug-likeness (QED) is 0.797. The van der Waals surface area contributed by atoms with Crippen LogP contribution >= 0.6 is 0 Å². The monoisotopic (exact) mass is 344 g/mol. The van der Waals surface area contributed by atoms with Crippen molar-refractivity contribution in [2.24, 2.45) is 0 Å². The number of para-hydroxylation sites is 2. The molecule has 0 fully saturated rings. The fourth-order valence-corrected chi connectivity index (χ4v) is 2.46. The second-order valence-corrected chi connectivity index (χ2v) is 5.36. The van der Waals surface area contributed by atoms with Crippen LogP contribution in [0.5, 0.6) is 17.2 Å². The van der Waals surface area contributed by atoms with Crippen molar-refractivity contribution < 1.29 is 19.0 Å². The highest BCUT2D eigenvalue weighted by molar-refractivity contribution is 5.91. The number of amides is 2. The molecule has 134 valence electrons. The van der Waals surface area contributed by atoms with Crippen molar-refractivity contribution in [3.8, 4) is 17.2 Å². The van der Waals surface area contributed by atoms with Crippen LogP contribution in [-0.2, 0) is 0 Å². The molecule has 0 spiro atoms. The van der Waals surface area contributed by atoms with E-state index in [0.717, 1.165) is 5.56 Å². The molecule has 2 amide bonds. The Bertz CT molecular complexity index is 718. The van der Waals surface area contributed by atoms with Gasteiger partial charge < -0.3 is 24.8 Å². The maximum absolute atomic E-state index is 12.4. The van der Waals surface area contributed by atoms with E-state index in [1.54, 1.807) is 20.3 Å². The lowest BCUT2D eigenvalue weighted by molar-refractivity contribution is 0.249. The van der Waals surface area contributed by atoms with Crippen molar-refractivity contribution >= 4 is 11.7 Å². The normalized spacial score (nSPS) is 11.4. The zero-order valence-corrected chi connectivity index (χ0v) is 15.0. The molecule has 6 nitrogen and oxygen atoms in total. The van der Waals surface area contributed by atoms with E-state index in [4.69, 9.17) is 14.2 Å². The Balaban J connectivity index is 2.10. The summed E-state index contributed by atoms with van der Waals surface area (Å²) in [7, 11) is 3.19. The van der Waals surface area contributed by atoms with Crippen molar-refractivity contribution in [2.45, 2.75) is 19.9 Å². The number of methoxy groups -OCH3 is 2. The van der Waals surface area contributed by atoms with Crippen molar-refractivity contribution in [3.63, 3.8) is 0 Å². The van der Waals surface area contributed by atoms with Gasteiger partial charge in [0.25, 0.3) is 0 Å². The Morgan fingerprint density at radius 3 is 2.52 bits per heavy atom. The van der Waals surface area contributed by atoms with Gasteiger partial charge in [0.2, 0.25) is 0 Å². The molecule has 0 saturated heterocycles. The zero-order chi connectivity index (χ0) is 18.2. The van der Waals surface area contributed by atoms with E-state index in [0.29, 0.717) is 29.5 Å². The first-order chi connectivity index (χ1) is 12.1. The molecule has 2 aromatic rings. The van der Waals surface area contributed by atoms with Gasteiger partial charge >= 0.3 is 6.03 Å². The Kier molecular flexibility index (Phi) is 6.51. The van der Waals surface area contributed by atoms with E-state index in [1.165, 1.54) is 0 Å². The first kappa shape index (κ1) is 18.4. The summed E-state index contributed by atoms with van der Waals surface area (Å²) in [5, 5.41) is 5.71. The molecule has 6 heteroatoms. The molecule has 2 rings (SSSR count). The molecule has 0 aliphatic carbocycles. The van der Waals surface area contributed by atoms with Crippen LogP contribution in [0, 0.1) is 0 Å². The van der Waals surface area contributed by atoms with E-state index in [-0.39, 0.29) is 12.1 Å². The van der Waals surface area contributed by atoms with Gasteiger partial charge in [-0.3, -0.25) is 0 Å². The Hall–Kier alpha value is -2.89. The van der Waals surface area contributed by atoms with E-state index in [2.05, 4.69) is 10.6 Å². The molecule has 1 atom stereocenters. The maximum atomic E-state index is 12.4. The highest BCUT2D eigenvalue weighted by Crippen LogP contribution is 2.29. The molecule has 0 radical (unpaired) electrons. The van der Waals surface area contributed by atoms with Gasteiger partial charge in [0.1, 0.15) is 17.2 Å². The van der Waals surface area contributed by atoms with Gasteiger partial charge in [0, 0.05) is 5.56 Å². The molecular weight excluding hydrogens is 320 g/mol. The maximum Gasteiger partial charge on any atom is 0.319 e. The molecule has 0 aliphatic rings. The predicted molar refractivity (Wildman–Crippen MR) is 97.7 cm³/mol. The first-order valence-corrected chi connectivity index (χ1v) is 8.10. The molecule has 2 aromatic carbocycles. The molecular formula is C19H24N2O4. The van der Waals surface area contributed by atoms with Gasteiger partial charge in [-0.2, -0.15) is 0 Å². The third-order valence-corrected chi connectivity index (χ3v) is 3.69. The van der Waals surface area contributed by atoms with Gasteiger partial charge in [-0.05, 0) is 44.2 Å². The number of urea groups is 1. The minimum absolute atomic E-state index is 0.274. The lowest BCUT2D eigenvalue weighted by Gasteiger charge is -2.19. The zero-order valence-electron chi connectivity index (χ0n) is 15.0. The summed E-state index contributed by atoms with van der Waals surface area (Å²) in [4.78, 5) is 12.4. The Morgan fingerprint density at radius 1 is 1.08 bits per heavy atom. The molecule has 0 bridgehead atoms. The van der Waals surface area contributed by atoms with E-state index >= 15 is 0 Å². The lowest BCUT2D eigenvalue weighted by atomic mass is 10.1. The molecule has 2 N–H and O–H groups in total. The number of hydrogen-bond acceptors (Lipinski definition) is 4. The summed E-state index contributed by atoms with van der Waals surface area (Å²) in [5.41, 5.74) is 1.45. The van der Waals surface area contributed by atoms with Crippen LogP contribution in [0.15, 0.2) is 42.5 Å². The van der Waals surface area contributed by atoms with Crippen LogP contribution in [0.4, 0.5) is 10.5 Å². The average Bonchev–Trinajstić information content (AvgIpc) is 2.62. The summed E-state index contributed by atoms with van der Waals surface area (Å²) in [5.74, 6) is 2.02. The van der Waals surface area contributed by atoms with Crippen LogP contribution < -0.4 is 24.8 Å². The van der Waals surface area contributed by atoms with E-state index < -0.39 is 0 Å². The standard InChI is InChI=1S/C19H24N2O4/c1-5-25-18-9-7-6-8-16(18)21-19(22)20-13(2)15-12-14(23-3)10-11-17(15)24-4/h6-13H,5H2,1-4H3,(H2,20,21,22)/t13-/m1/s1. The highest BCUT2D eigenvalue weighted by atomic mass is 16.5. The average molecular weight is 344 g/mol. The van der Waals surface area contributed by atoms with Crippen LogP contribution in [0.3, 0.4) is 0 Å². The minimum Gasteiger partial charge on any atom is -0.497 e. The van der Waals surface area contributed by atoms with Crippen LogP contribution in [0.2, 0.25) is 0 Å². The molecule has 0 unspecified atom stereocenters. The lowest BCUT2D eigenvalue weighted by Crippen LogP contribution is -2.31. The minimum atomic E-state index is -0.329. The van der Waals surface area contributed by atoms with Crippen molar-refractivity contribution in [2.75, 3.05) is 26.1 Å². The van der Waals surface area contributed by atoms with Crippen molar-refractivity contribution in [3.05, 3.63) is 48.0 Å². The second kappa shape index (κ2) is 8.82. The summed E-state index contributed by atoms with van der Waals surface area (Å²) in [6, 6.07) is 12.2. The number of anilines is 1. The summed E-state index contributed by atoms with van der Waals surface area (Å²) in [6.07, 6.45) is 0. The number of nitrogens with one attached hydrogen (secondary N) is 2. The summed E-state index contributed by atoms with van der Waals surface area (Å²) in [6.45, 7) is 4.30. The molecule has 25 heavy (non-hydrogen) atoms. The van der Waals surface area contributed by atoms with Crippen LogP contribution in [0.1, 0.15) is 25.5 Å². The predicted octanol–water partition coefficient (Wildman–Crippen LogP) is 3.99. The van der Waals surface area contributed by atoms with Crippen molar-refractivity contribution in [1.29, 1.82) is 0 Å². The molecule has 0 aliphatic heterocycles. The number of ether oxygens (including phenoxy) is 3. The molecule has 0 heterocycles. The smallest absolute Gasteiger partial charge is 0.319 e. The van der Waals surface area contributed by atoms with Gasteiger partial charge in [0.15, 0.2) is 0 Å². The van der Waals surface area contributed by atoms with Crippen molar-refractivity contribution in [1.82, 2.24) is 5.32 Å². The number of carbonyl (C=O) groups excluding carboxylic acids is 1. The Labute approximate surface area is 148 Å². The third-order valence-electron chi connectivity index (χ3n) is 3.69. The highest BCUT2D eigenvalue weighted by Gasteiger charge is 2.16. The topological polar surface area (TPSA) is 68.8 Å². The van der Waals surface area contributed by atoms with Crippen LogP contribution in [-0.4, -0.2) is 26.9 Å². The first-order valence-electron chi connectivity index (χ1n) is 8.10. The van der Waals surface area contributed by atoms with Gasteiger partial charge in [0.05, 0.1) is 32.6 Å².